The average molecular weight is 1880 g/mol. The highest BCUT2D eigenvalue weighted by Crippen LogP contribution is 2.51. The van der Waals surface area contributed by atoms with Crippen molar-refractivity contribution in [2.75, 3.05) is 52.9 Å². The van der Waals surface area contributed by atoms with Crippen molar-refractivity contribution in [3.8, 4) is 0 Å². The second-order valence-electron chi connectivity index (χ2n) is 29.9. The van der Waals surface area contributed by atoms with Gasteiger partial charge in [-0.3, -0.25) is 13.6 Å². The van der Waals surface area contributed by atoms with Crippen molar-refractivity contribution in [2.45, 2.75) is 307 Å². The lowest BCUT2D eigenvalue weighted by Crippen LogP contribution is -2.71. The van der Waals surface area contributed by atoms with Crippen LogP contribution in [0.25, 0.3) is 0 Å². The van der Waals surface area contributed by atoms with Gasteiger partial charge in [0.15, 0.2) is 44.0 Å². The molecule has 0 saturated carbocycles. The maximum atomic E-state index is 13.4. The zero-order valence-corrected chi connectivity index (χ0v) is 66.1. The number of aliphatic carboxylic acids is 2. The maximum Gasteiger partial charge on any atom is 0.470 e. The first-order valence-electron chi connectivity index (χ1n) is 37.1. The van der Waals surface area contributed by atoms with E-state index in [2.05, 4.69) is 4.52 Å². The topological polar surface area (TPSA) is 984 Å². The fourth-order valence-electron chi connectivity index (χ4n) is 14.9. The largest absolute Gasteiger partial charge is 0.477 e. The number of nitrogens with two attached hydrogens (primary N) is 1. The van der Waals surface area contributed by atoms with E-state index in [1.807, 2.05) is 0 Å². The number of carboxylic acids is 2. The molecule has 60 nitrogen and oxygen atoms in total. The van der Waals surface area contributed by atoms with Gasteiger partial charge < -0.3 is 259 Å². The Morgan fingerprint density at radius 1 is 0.398 bits per heavy atom. The summed E-state index contributed by atoms with van der Waals surface area (Å²) in [6.45, 7) is -9.88. The first-order valence-corrected chi connectivity index (χ1v) is 41.7. The maximum absolute atomic E-state index is 13.4. The van der Waals surface area contributed by atoms with Crippen molar-refractivity contribution in [3.05, 3.63) is 0 Å². The molecule has 0 spiro atoms. The lowest BCUT2D eigenvalue weighted by molar-refractivity contribution is -0.404. The van der Waals surface area contributed by atoms with E-state index in [-0.39, 0.29) is 0 Å². The fraction of sp³-hybridized carbons (Fsp3) is 0.967. The van der Waals surface area contributed by atoms with Gasteiger partial charge in [0.2, 0.25) is 0 Å². The van der Waals surface area contributed by atoms with Crippen LogP contribution in [0.1, 0.15) is 19.8 Å². The van der Waals surface area contributed by atoms with Crippen molar-refractivity contribution in [1.82, 2.24) is 0 Å². The third-order valence-corrected chi connectivity index (χ3v) is 22.9. The Morgan fingerprint density at radius 3 is 1.33 bits per heavy atom. The highest BCUT2D eigenvalue weighted by molar-refractivity contribution is 7.46. The summed E-state index contributed by atoms with van der Waals surface area (Å²) in [5, 5.41) is 307. The number of aliphatic hydroxyl groups excluding tert-OH is 25. The molecule has 63 heteroatoms. The molecule has 9 rings (SSSR count). The van der Waals surface area contributed by atoms with Crippen molar-refractivity contribution in [1.29, 1.82) is 0 Å². The zero-order valence-electron chi connectivity index (χ0n) is 63.4. The number of rotatable bonds is 36. The van der Waals surface area contributed by atoms with Gasteiger partial charge >= 0.3 is 35.4 Å². The lowest BCUT2D eigenvalue weighted by atomic mass is 9.89. The Bertz CT molecular complexity index is 3510. The van der Waals surface area contributed by atoms with Crippen LogP contribution in [-0.4, -0.2) is 525 Å². The Kier molecular flexibility index (Phi) is 36.1. The molecule has 0 amide bonds. The van der Waals surface area contributed by atoms with Crippen molar-refractivity contribution >= 4 is 35.4 Å². The van der Waals surface area contributed by atoms with Gasteiger partial charge in [-0.1, -0.05) is 0 Å². The molecule has 9 saturated heterocycles. The van der Waals surface area contributed by atoms with E-state index in [4.69, 9.17) is 95.3 Å². The molecule has 36 N–H and O–H groups in total. The highest BCUT2D eigenvalue weighted by Gasteiger charge is 2.66. The van der Waals surface area contributed by atoms with Gasteiger partial charge in [0.05, 0.1) is 77.2 Å². The summed E-state index contributed by atoms with van der Waals surface area (Å²) in [6, 6.07) is -2.46. The summed E-state index contributed by atoms with van der Waals surface area (Å²) in [6.07, 6.45) is -112. The predicted molar refractivity (Wildman–Crippen MR) is 365 cm³/mol. The molecule has 0 radical (unpaired) electrons. The van der Waals surface area contributed by atoms with Gasteiger partial charge in [-0.05, 0) is 6.92 Å². The normalized spacial score (nSPS) is 47.3. The highest BCUT2D eigenvalue weighted by atomic mass is 31.2. The second-order valence-corrected chi connectivity index (χ2v) is 33.5. The summed E-state index contributed by atoms with van der Waals surface area (Å²) >= 11 is 0. The second kappa shape index (κ2) is 42.6. The van der Waals surface area contributed by atoms with Gasteiger partial charge in [0, 0.05) is 12.8 Å². The Balaban J connectivity index is 1.14. The average Bonchev–Trinajstić information content (AvgIpc) is 0.743. The minimum atomic E-state index is -6.57. The predicted octanol–water partition coefficient (Wildman–Crippen LogP) is -20.9. The van der Waals surface area contributed by atoms with E-state index >= 15 is 0 Å². The molecule has 0 bridgehead atoms. The van der Waals surface area contributed by atoms with E-state index in [0.717, 1.165) is 0 Å². The van der Waals surface area contributed by atoms with Crippen LogP contribution in [0.2, 0.25) is 0 Å². The zero-order chi connectivity index (χ0) is 91.8. The third-order valence-electron chi connectivity index (χ3n) is 21.4. The minimum absolute atomic E-state index is 0.989. The summed E-state index contributed by atoms with van der Waals surface area (Å²) in [5.41, 5.74) is 6.87. The van der Waals surface area contributed by atoms with Crippen LogP contribution >= 0.6 is 23.5 Å². The fourth-order valence-corrected chi connectivity index (χ4v) is 16.5. The summed E-state index contributed by atoms with van der Waals surface area (Å²) in [5.74, 6) is -12.3. The number of ether oxygens (including phenoxy) is 17. The van der Waals surface area contributed by atoms with E-state index in [1.54, 1.807) is 0 Å². The van der Waals surface area contributed by atoms with Crippen LogP contribution in [-0.2, 0) is 117 Å². The quantitative estimate of drug-likeness (QED) is 0.0259. The smallest absolute Gasteiger partial charge is 0.470 e. The van der Waals surface area contributed by atoms with E-state index in [9.17, 15) is 196 Å². The number of phosphoric acid groups is 3. The molecule has 47 atom stereocenters. The Labute approximate surface area is 689 Å². The van der Waals surface area contributed by atoms with Crippen LogP contribution in [0.5, 0.6) is 0 Å². The van der Waals surface area contributed by atoms with Gasteiger partial charge in [-0.2, -0.15) is 0 Å². The SMILES string of the molecule is C[C@@H]1O[C@@H](OC[C@H]2O[C@H](O[C@@H]3[C@H](O[C@@H]4O[C@H](CO[C@H]5O[C@H](CO)[C@@H](O)[C@H](O)[C@H]5O)[C@@H](O)[C@H](O)[C@H]4O)[C@@H](N)[C@@H](O[C@@H]4[C@H](O)[C@@H](O[C@H]5[C@H](OP(=O)(O)O)[C@@H]([C@@H](O)CO)O[C@H](O[C@H]6[C@@H]([C@H](O)CO)O[C@@](O)(C(=O)O)C[C@H]6O[C@]6(C(=O)O)C[C@@H](O)[C@@H](O)[C@@H]([C@H](O)CO)O6)[C@H]5OP(=O)(O)O)O[C@H]([C@H](CO)OP(=O)(O)O)[C@H]4O)O[C@@H]3CO)[C@H](O)[C@@H](O)[C@@H]2O)[C@H](O)[C@H](O)[C@H]1O. The first-order chi connectivity index (χ1) is 57.2. The van der Waals surface area contributed by atoms with Crippen molar-refractivity contribution in [3.63, 3.8) is 0 Å². The van der Waals surface area contributed by atoms with Crippen LogP contribution in [0.4, 0.5) is 0 Å². The molecule has 0 aromatic carbocycles. The molecule has 718 valence electrons. The standard InChI is InChI=1S/C60H104NO59P3/c1-12-24(72)29(77)33(81)51(103-12)101-10-21-27(75)31(79)35(83)53(106-21)110-44-19(8-66)105-50(23(61)45(44)112-54-36(84)32(80)28(76)22(107-54)11-102-52-34(82)30(78)26(74)18(7-65)104-52)113-46-37(85)42(20(9-67)118-121(92,93)94)109-55(38(46)86)114-47-48(119-122(95,96)97)40(15(70)5-63)108-56(49(47)120-123(98,99)100)111-43-17(3-59(91,57(87)88)116-41(43)16(71)6-64)115-60(58(89)90)2-13(68)25(73)39(117-60)14(69)4-62/h12-56,62-86,91H,2-11,61H2,1H3,(H,87,88)(H,89,90)(H2,92,93,94)(H2,95,96,97)(H2,98,99,100)/t12-,13+,14+,15-,16+,17+,18+,19+,20-,21+,22+,23+,24-,25+,26+,27+,28+,29+,30-,31-,32-,33+,34+,35+,36+,37+,38-,39+,40+,41+,42+,43+,44-,45+,46-,47-,48+,49-,50+,51+,52-,53+,54-,55+,56+,59+,60+/m0/s1. The molecule has 9 aliphatic rings. The number of carboxylic acid groups (broad SMARTS) is 2. The molecule has 9 fully saturated rings. The van der Waals surface area contributed by atoms with Crippen molar-refractivity contribution in [2.24, 2.45) is 5.73 Å². The molecular formula is C60H104NO59P3. The molecule has 123 heavy (non-hydrogen) atoms. The Hall–Kier alpha value is -2.49. The van der Waals surface area contributed by atoms with E-state index < -0.39 is 389 Å². The summed E-state index contributed by atoms with van der Waals surface area (Å²) in [4.78, 5) is 89.1. The van der Waals surface area contributed by atoms with Gasteiger partial charge in [0.25, 0.3) is 11.6 Å². The summed E-state index contributed by atoms with van der Waals surface area (Å²) < 4.78 is 152. The molecule has 0 unspecified atom stereocenters. The number of carbonyl (C=O) groups is 2. The van der Waals surface area contributed by atoms with E-state index in [0.29, 0.717) is 0 Å². The number of hydrogen-bond donors (Lipinski definition) is 35. The molecular weight excluding hydrogens is 1770 g/mol. The van der Waals surface area contributed by atoms with Gasteiger partial charge in [0.1, 0.15) is 208 Å². The first kappa shape index (κ1) is 104. The molecule has 9 heterocycles. The van der Waals surface area contributed by atoms with Crippen molar-refractivity contribution < 1.29 is 290 Å². The van der Waals surface area contributed by atoms with Gasteiger partial charge in [-0.25, -0.2) is 23.3 Å². The number of phosphoric ester groups is 3. The monoisotopic (exact) mass is 1880 g/mol. The van der Waals surface area contributed by atoms with E-state index in [1.165, 1.54) is 6.92 Å². The molecule has 0 aromatic heterocycles. The lowest BCUT2D eigenvalue weighted by Gasteiger charge is -2.53. The van der Waals surface area contributed by atoms with Crippen LogP contribution in [0, 0.1) is 0 Å². The molecule has 0 aliphatic carbocycles. The van der Waals surface area contributed by atoms with Gasteiger partial charge in [-0.15, -0.1) is 0 Å². The number of hydrogen-bond acceptors (Lipinski definition) is 52. The van der Waals surface area contributed by atoms with Crippen LogP contribution in [0.3, 0.4) is 0 Å². The third kappa shape index (κ3) is 23.8. The summed E-state index contributed by atoms with van der Waals surface area (Å²) in [7, 11) is -19.1. The number of aliphatic hydroxyl groups is 26. The molecule has 0 aromatic rings. The minimum Gasteiger partial charge on any atom is -0.477 e. The van der Waals surface area contributed by atoms with Crippen LogP contribution in [0.15, 0.2) is 0 Å². The molecule has 9 aliphatic heterocycles. The van der Waals surface area contributed by atoms with Crippen LogP contribution < -0.4 is 5.73 Å². The Morgan fingerprint density at radius 2 is 0.829 bits per heavy atom.